The molecule has 19 heavy (non-hydrogen) atoms. The molecule has 5 nitrogen and oxygen atoms in total. The number of ether oxygens (including phenoxy) is 1. The highest BCUT2D eigenvalue weighted by atomic mass is 16.5. The van der Waals surface area contributed by atoms with E-state index in [2.05, 4.69) is 10.3 Å². The van der Waals surface area contributed by atoms with Crippen LogP contribution in [0.4, 0.5) is 11.5 Å². The van der Waals surface area contributed by atoms with E-state index in [0.717, 1.165) is 18.9 Å². The van der Waals surface area contributed by atoms with E-state index in [1.807, 2.05) is 0 Å². The summed E-state index contributed by atoms with van der Waals surface area (Å²) in [5.74, 6) is 0.892. The molecule has 1 saturated carbocycles. The number of hydrogen-bond donors (Lipinski definition) is 2. The highest BCUT2D eigenvalue weighted by Crippen LogP contribution is 2.33. The molecule has 0 aromatic carbocycles. The largest absolute Gasteiger partial charge is 0.462 e. The molecular formula is C14H21N3O2. The summed E-state index contributed by atoms with van der Waals surface area (Å²) in [4.78, 5) is 15.8. The molecule has 1 aromatic heterocycles. The second-order valence-electron chi connectivity index (χ2n) is 4.89. The number of carbonyl (C=O) groups excluding carboxylic acids is 1. The zero-order chi connectivity index (χ0) is 13.7. The maximum atomic E-state index is 11.8. The Hall–Kier alpha value is -1.78. The van der Waals surface area contributed by atoms with Crippen LogP contribution in [0, 0.1) is 5.92 Å². The van der Waals surface area contributed by atoms with Crippen LogP contribution < -0.4 is 11.1 Å². The van der Waals surface area contributed by atoms with Crippen molar-refractivity contribution >= 4 is 17.5 Å². The van der Waals surface area contributed by atoms with Gasteiger partial charge in [0.15, 0.2) is 0 Å². The highest BCUT2D eigenvalue weighted by molar-refractivity contribution is 5.96. The van der Waals surface area contributed by atoms with Gasteiger partial charge in [-0.1, -0.05) is 12.8 Å². The van der Waals surface area contributed by atoms with Crippen LogP contribution in [-0.2, 0) is 4.74 Å². The first-order chi connectivity index (χ1) is 9.20. The molecule has 1 fully saturated rings. The molecule has 104 valence electrons. The zero-order valence-corrected chi connectivity index (χ0v) is 11.3. The van der Waals surface area contributed by atoms with Crippen molar-refractivity contribution in [3.8, 4) is 0 Å². The van der Waals surface area contributed by atoms with Gasteiger partial charge in [-0.25, -0.2) is 9.78 Å². The number of aromatic nitrogens is 1. The first-order valence-electron chi connectivity index (χ1n) is 6.87. The number of nitrogens with one attached hydrogen (secondary N) is 1. The van der Waals surface area contributed by atoms with Crippen LogP contribution in [0.3, 0.4) is 0 Å². The minimum Gasteiger partial charge on any atom is -0.462 e. The molecule has 1 aliphatic carbocycles. The van der Waals surface area contributed by atoms with Crippen molar-refractivity contribution < 1.29 is 9.53 Å². The molecule has 0 unspecified atom stereocenters. The Morgan fingerprint density at radius 3 is 3.05 bits per heavy atom. The summed E-state index contributed by atoms with van der Waals surface area (Å²) in [6.07, 6.45) is 6.70. The fraction of sp³-hybridized carbons (Fsp3) is 0.571. The topological polar surface area (TPSA) is 77.2 Å². The van der Waals surface area contributed by atoms with Crippen LogP contribution in [0.1, 0.15) is 43.0 Å². The van der Waals surface area contributed by atoms with Gasteiger partial charge >= 0.3 is 5.97 Å². The monoisotopic (exact) mass is 263 g/mol. The van der Waals surface area contributed by atoms with E-state index in [4.69, 9.17) is 10.5 Å². The van der Waals surface area contributed by atoms with Crippen LogP contribution in [0.25, 0.3) is 0 Å². The molecule has 0 radical (unpaired) electrons. The quantitative estimate of drug-likeness (QED) is 0.583. The lowest BCUT2D eigenvalue weighted by Gasteiger charge is -2.11. The molecule has 2 rings (SSSR count). The second-order valence-corrected chi connectivity index (χ2v) is 4.89. The lowest BCUT2D eigenvalue weighted by Crippen LogP contribution is -2.12. The maximum absolute atomic E-state index is 11.8. The van der Waals surface area contributed by atoms with E-state index in [-0.39, 0.29) is 5.97 Å². The van der Waals surface area contributed by atoms with Gasteiger partial charge in [0.1, 0.15) is 5.82 Å². The van der Waals surface area contributed by atoms with Crippen molar-refractivity contribution in [1.82, 2.24) is 4.98 Å². The van der Waals surface area contributed by atoms with E-state index < -0.39 is 0 Å². The van der Waals surface area contributed by atoms with Crippen molar-refractivity contribution in [2.75, 3.05) is 24.2 Å². The molecule has 1 aliphatic rings. The third kappa shape index (κ3) is 4.12. The summed E-state index contributed by atoms with van der Waals surface area (Å²) in [5.41, 5.74) is 6.77. The number of nitrogens with zero attached hydrogens (tertiary/aromatic N) is 1. The average Bonchev–Trinajstić information content (AvgIpc) is 3.20. The standard InChI is InChI=1S/C14H21N3O2/c1-2-19-14(18)11-8-13(15)17-9-12(11)16-7-3-4-10-5-6-10/h8-10,16H,2-7H2,1H3,(H2,15,17). The number of rotatable bonds is 7. The van der Waals surface area contributed by atoms with Crippen LogP contribution in [-0.4, -0.2) is 24.1 Å². The molecule has 5 heteroatoms. The number of anilines is 2. The number of nitrogen functional groups attached to an aromatic ring is 1. The Morgan fingerprint density at radius 2 is 2.37 bits per heavy atom. The fourth-order valence-electron chi connectivity index (χ4n) is 2.01. The summed E-state index contributed by atoms with van der Waals surface area (Å²) >= 11 is 0. The first kappa shape index (κ1) is 13.6. The maximum Gasteiger partial charge on any atom is 0.340 e. The number of esters is 1. The Bertz CT molecular complexity index is 444. The molecular weight excluding hydrogens is 242 g/mol. The van der Waals surface area contributed by atoms with E-state index in [9.17, 15) is 4.79 Å². The van der Waals surface area contributed by atoms with Gasteiger partial charge in [-0.2, -0.15) is 0 Å². The molecule has 3 N–H and O–H groups in total. The minimum atomic E-state index is -0.360. The normalized spacial score (nSPS) is 14.2. The summed E-state index contributed by atoms with van der Waals surface area (Å²) < 4.78 is 5.02. The van der Waals surface area contributed by atoms with Gasteiger partial charge in [0.25, 0.3) is 0 Å². The molecule has 0 aliphatic heterocycles. The van der Waals surface area contributed by atoms with Crippen molar-refractivity contribution in [2.45, 2.75) is 32.6 Å². The fourth-order valence-corrected chi connectivity index (χ4v) is 2.01. The van der Waals surface area contributed by atoms with E-state index >= 15 is 0 Å². The van der Waals surface area contributed by atoms with Gasteiger partial charge in [0.05, 0.1) is 24.1 Å². The number of pyridine rings is 1. The predicted octanol–water partition coefficient (Wildman–Crippen LogP) is 2.44. The van der Waals surface area contributed by atoms with Crippen LogP contribution >= 0.6 is 0 Å². The highest BCUT2D eigenvalue weighted by Gasteiger charge is 2.20. The molecule has 0 amide bonds. The lowest BCUT2D eigenvalue weighted by atomic mass is 10.2. The Labute approximate surface area is 113 Å². The number of nitrogens with two attached hydrogens (primary N) is 1. The smallest absolute Gasteiger partial charge is 0.340 e. The lowest BCUT2D eigenvalue weighted by molar-refractivity contribution is 0.0527. The number of hydrogen-bond acceptors (Lipinski definition) is 5. The Balaban J connectivity index is 1.94. The minimum absolute atomic E-state index is 0.326. The summed E-state index contributed by atoms with van der Waals surface area (Å²) in [5, 5.41) is 3.24. The molecule has 0 bridgehead atoms. The second kappa shape index (κ2) is 6.41. The molecule has 0 atom stereocenters. The van der Waals surface area contributed by atoms with Crippen molar-refractivity contribution in [3.05, 3.63) is 17.8 Å². The van der Waals surface area contributed by atoms with Crippen LogP contribution in [0.15, 0.2) is 12.3 Å². The SMILES string of the molecule is CCOC(=O)c1cc(N)ncc1NCCCC1CC1. The average molecular weight is 263 g/mol. The van der Waals surface area contributed by atoms with Gasteiger partial charge in [-0.3, -0.25) is 0 Å². The summed E-state index contributed by atoms with van der Waals surface area (Å²) in [7, 11) is 0. The molecule has 0 spiro atoms. The predicted molar refractivity (Wildman–Crippen MR) is 75.1 cm³/mol. The van der Waals surface area contributed by atoms with Gasteiger partial charge < -0.3 is 15.8 Å². The Morgan fingerprint density at radius 1 is 1.58 bits per heavy atom. The van der Waals surface area contributed by atoms with Gasteiger partial charge in [-0.15, -0.1) is 0 Å². The van der Waals surface area contributed by atoms with Crippen LogP contribution in [0.5, 0.6) is 0 Å². The van der Waals surface area contributed by atoms with Gasteiger partial charge in [-0.05, 0) is 31.7 Å². The third-order valence-electron chi connectivity index (χ3n) is 3.22. The summed E-state index contributed by atoms with van der Waals surface area (Å²) in [6.45, 7) is 2.97. The number of carbonyl (C=O) groups is 1. The molecule has 0 saturated heterocycles. The van der Waals surface area contributed by atoms with Crippen molar-refractivity contribution in [1.29, 1.82) is 0 Å². The van der Waals surface area contributed by atoms with Crippen molar-refractivity contribution in [3.63, 3.8) is 0 Å². The molecule has 1 heterocycles. The first-order valence-corrected chi connectivity index (χ1v) is 6.87. The van der Waals surface area contributed by atoms with Crippen molar-refractivity contribution in [2.24, 2.45) is 5.92 Å². The third-order valence-corrected chi connectivity index (χ3v) is 3.22. The van der Waals surface area contributed by atoms with E-state index in [1.54, 1.807) is 19.2 Å². The van der Waals surface area contributed by atoms with E-state index in [0.29, 0.717) is 23.7 Å². The molecule has 1 aromatic rings. The van der Waals surface area contributed by atoms with Gasteiger partial charge in [0.2, 0.25) is 0 Å². The van der Waals surface area contributed by atoms with Gasteiger partial charge in [0, 0.05) is 6.54 Å². The summed E-state index contributed by atoms with van der Waals surface area (Å²) in [6, 6.07) is 1.56. The van der Waals surface area contributed by atoms with Crippen LogP contribution in [0.2, 0.25) is 0 Å². The zero-order valence-electron chi connectivity index (χ0n) is 11.3. The Kier molecular flexibility index (Phi) is 4.60. The van der Waals surface area contributed by atoms with E-state index in [1.165, 1.54) is 19.3 Å².